The molecule has 0 spiro atoms. The predicted octanol–water partition coefficient (Wildman–Crippen LogP) is 3.51. The zero-order chi connectivity index (χ0) is 13.8. The summed E-state index contributed by atoms with van der Waals surface area (Å²) < 4.78 is 0. The van der Waals surface area contributed by atoms with Crippen LogP contribution in [-0.2, 0) is 0 Å². The van der Waals surface area contributed by atoms with E-state index in [0.717, 1.165) is 19.4 Å². The van der Waals surface area contributed by atoms with Gasteiger partial charge in [0.25, 0.3) is 0 Å². The van der Waals surface area contributed by atoms with Crippen molar-refractivity contribution in [2.75, 3.05) is 6.54 Å². The van der Waals surface area contributed by atoms with Crippen LogP contribution in [0.5, 0.6) is 0 Å². The zero-order valence-electron chi connectivity index (χ0n) is 12.4. The van der Waals surface area contributed by atoms with Gasteiger partial charge in [-0.3, -0.25) is 0 Å². The fraction of sp³-hybridized carbons (Fsp3) is 0.647. The smallest absolute Gasteiger partial charge is 0.0543 e. The third kappa shape index (κ3) is 3.80. The minimum atomic E-state index is -0.0726. The van der Waals surface area contributed by atoms with Crippen LogP contribution in [0.25, 0.3) is 0 Å². The number of rotatable bonds is 4. The van der Waals surface area contributed by atoms with Gasteiger partial charge in [-0.05, 0) is 69.2 Å². The number of benzene rings is 1. The summed E-state index contributed by atoms with van der Waals surface area (Å²) in [7, 11) is 0. The second-order valence-corrected chi connectivity index (χ2v) is 6.11. The van der Waals surface area contributed by atoms with Gasteiger partial charge >= 0.3 is 0 Å². The lowest BCUT2D eigenvalue weighted by Gasteiger charge is -2.28. The van der Waals surface area contributed by atoms with Crippen molar-refractivity contribution in [2.45, 2.75) is 58.6 Å². The molecule has 0 aliphatic heterocycles. The van der Waals surface area contributed by atoms with E-state index in [-0.39, 0.29) is 6.10 Å². The Morgan fingerprint density at radius 3 is 2.84 bits per heavy atom. The van der Waals surface area contributed by atoms with E-state index >= 15 is 0 Å². The summed E-state index contributed by atoms with van der Waals surface area (Å²) in [6, 6.07) is 6.91. The van der Waals surface area contributed by atoms with E-state index in [0.29, 0.717) is 12.0 Å². The molecule has 1 aliphatic rings. The summed E-state index contributed by atoms with van der Waals surface area (Å²) in [5, 5.41) is 13.4. The molecule has 3 atom stereocenters. The van der Waals surface area contributed by atoms with E-state index < -0.39 is 0 Å². The van der Waals surface area contributed by atoms with Crippen molar-refractivity contribution < 1.29 is 5.11 Å². The third-order valence-electron chi connectivity index (χ3n) is 4.58. The average molecular weight is 261 g/mol. The summed E-state index contributed by atoms with van der Waals surface area (Å²) in [5.41, 5.74) is 4.15. The van der Waals surface area contributed by atoms with Gasteiger partial charge in [-0.2, -0.15) is 0 Å². The molecule has 1 aromatic rings. The van der Waals surface area contributed by atoms with Gasteiger partial charge in [-0.25, -0.2) is 0 Å². The Bertz CT molecular complexity index is 416. The molecule has 2 nitrogen and oxygen atoms in total. The first-order valence-electron chi connectivity index (χ1n) is 7.55. The molecule has 2 rings (SSSR count). The Kier molecular flexibility index (Phi) is 5.00. The van der Waals surface area contributed by atoms with Crippen LogP contribution in [0.15, 0.2) is 18.2 Å². The Labute approximate surface area is 117 Å². The van der Waals surface area contributed by atoms with Gasteiger partial charge in [-0.15, -0.1) is 0 Å². The van der Waals surface area contributed by atoms with Crippen molar-refractivity contribution in [1.29, 1.82) is 0 Å². The van der Waals surface area contributed by atoms with Gasteiger partial charge in [0.2, 0.25) is 0 Å². The molecule has 0 heterocycles. The second kappa shape index (κ2) is 6.53. The van der Waals surface area contributed by atoms with Crippen molar-refractivity contribution in [3.63, 3.8) is 0 Å². The van der Waals surface area contributed by atoms with Crippen molar-refractivity contribution in [3.8, 4) is 0 Å². The maximum Gasteiger partial charge on any atom is 0.0543 e. The zero-order valence-corrected chi connectivity index (χ0v) is 12.4. The fourth-order valence-corrected chi connectivity index (χ4v) is 3.14. The lowest BCUT2D eigenvalue weighted by atomic mass is 9.87. The van der Waals surface area contributed by atoms with Crippen molar-refractivity contribution in [2.24, 2.45) is 5.92 Å². The predicted molar refractivity (Wildman–Crippen MR) is 80.3 cm³/mol. The quantitative estimate of drug-likeness (QED) is 0.869. The highest BCUT2D eigenvalue weighted by molar-refractivity contribution is 5.34. The van der Waals surface area contributed by atoms with Crippen LogP contribution in [0.3, 0.4) is 0 Å². The lowest BCUT2D eigenvalue weighted by Crippen LogP contribution is -2.31. The lowest BCUT2D eigenvalue weighted by molar-refractivity contribution is 0.0998. The van der Waals surface area contributed by atoms with E-state index in [2.05, 4.69) is 44.3 Å². The average Bonchev–Trinajstić information content (AvgIpc) is 2.39. The summed E-state index contributed by atoms with van der Waals surface area (Å²) in [6.07, 6.45) is 4.31. The monoisotopic (exact) mass is 261 g/mol. The first kappa shape index (κ1) is 14.5. The number of nitrogens with one attached hydrogen (secondary N) is 1. The Morgan fingerprint density at radius 2 is 2.11 bits per heavy atom. The molecule has 1 fully saturated rings. The molecule has 19 heavy (non-hydrogen) atoms. The molecule has 0 amide bonds. The minimum absolute atomic E-state index is 0.0726. The number of aryl methyl sites for hydroxylation is 1. The molecule has 3 unspecified atom stereocenters. The van der Waals surface area contributed by atoms with Crippen LogP contribution in [0.2, 0.25) is 0 Å². The summed E-state index contributed by atoms with van der Waals surface area (Å²) in [5.74, 6) is 0.635. The highest BCUT2D eigenvalue weighted by Gasteiger charge is 2.20. The molecule has 2 heteroatoms. The molecule has 2 N–H and O–H groups in total. The van der Waals surface area contributed by atoms with Crippen LogP contribution in [-0.4, -0.2) is 17.8 Å². The van der Waals surface area contributed by atoms with E-state index in [1.165, 1.54) is 29.5 Å². The maximum absolute atomic E-state index is 9.71. The van der Waals surface area contributed by atoms with E-state index in [1.807, 2.05) is 0 Å². The van der Waals surface area contributed by atoms with E-state index in [1.54, 1.807) is 0 Å². The van der Waals surface area contributed by atoms with Gasteiger partial charge in [0, 0.05) is 6.04 Å². The molecule has 0 saturated heterocycles. The SMILES string of the molecule is Cc1cccc(C(C)NCC2CCCC(O)C2)c1C. The first-order chi connectivity index (χ1) is 9.08. The van der Waals surface area contributed by atoms with Crippen LogP contribution < -0.4 is 5.32 Å². The Morgan fingerprint density at radius 1 is 1.32 bits per heavy atom. The van der Waals surface area contributed by atoms with Crippen LogP contribution in [0, 0.1) is 19.8 Å². The Balaban J connectivity index is 1.90. The first-order valence-corrected chi connectivity index (χ1v) is 7.55. The van der Waals surface area contributed by atoms with E-state index in [4.69, 9.17) is 0 Å². The Hall–Kier alpha value is -0.860. The summed E-state index contributed by atoms with van der Waals surface area (Å²) in [4.78, 5) is 0. The summed E-state index contributed by atoms with van der Waals surface area (Å²) >= 11 is 0. The molecule has 1 aliphatic carbocycles. The normalized spacial score (nSPS) is 25.3. The third-order valence-corrected chi connectivity index (χ3v) is 4.58. The molecule has 0 bridgehead atoms. The topological polar surface area (TPSA) is 32.3 Å². The fourth-order valence-electron chi connectivity index (χ4n) is 3.14. The van der Waals surface area contributed by atoms with Crippen LogP contribution in [0.1, 0.15) is 55.3 Å². The number of aliphatic hydroxyl groups is 1. The molecule has 1 aromatic carbocycles. The highest BCUT2D eigenvalue weighted by atomic mass is 16.3. The van der Waals surface area contributed by atoms with Crippen LogP contribution >= 0.6 is 0 Å². The highest BCUT2D eigenvalue weighted by Crippen LogP contribution is 2.25. The van der Waals surface area contributed by atoms with Gasteiger partial charge < -0.3 is 10.4 Å². The van der Waals surface area contributed by atoms with Gasteiger partial charge in [0.15, 0.2) is 0 Å². The largest absolute Gasteiger partial charge is 0.393 e. The van der Waals surface area contributed by atoms with Gasteiger partial charge in [0.1, 0.15) is 0 Å². The number of hydrogen-bond donors (Lipinski definition) is 2. The van der Waals surface area contributed by atoms with Gasteiger partial charge in [-0.1, -0.05) is 24.6 Å². The molecular weight excluding hydrogens is 234 g/mol. The standard InChI is InChI=1S/C17H27NO/c1-12-6-4-9-17(13(12)2)14(3)18-11-15-7-5-8-16(19)10-15/h4,6,9,14-16,18-19H,5,7-8,10-11H2,1-3H3. The second-order valence-electron chi connectivity index (χ2n) is 6.11. The number of hydrogen-bond acceptors (Lipinski definition) is 2. The van der Waals surface area contributed by atoms with Gasteiger partial charge in [0.05, 0.1) is 6.10 Å². The molecule has 106 valence electrons. The summed E-state index contributed by atoms with van der Waals surface area (Å²) in [6.45, 7) is 7.63. The van der Waals surface area contributed by atoms with E-state index in [9.17, 15) is 5.11 Å². The maximum atomic E-state index is 9.71. The molecule has 0 radical (unpaired) electrons. The minimum Gasteiger partial charge on any atom is -0.393 e. The number of aliphatic hydroxyl groups excluding tert-OH is 1. The molecule has 1 saturated carbocycles. The van der Waals surface area contributed by atoms with Crippen molar-refractivity contribution in [3.05, 3.63) is 34.9 Å². The van der Waals surface area contributed by atoms with Crippen LogP contribution in [0.4, 0.5) is 0 Å². The molecule has 0 aromatic heterocycles. The molecular formula is C17H27NO. The van der Waals surface area contributed by atoms with Crippen molar-refractivity contribution >= 4 is 0 Å². The van der Waals surface area contributed by atoms with Crippen molar-refractivity contribution in [1.82, 2.24) is 5.32 Å².